The highest BCUT2D eigenvalue weighted by Crippen LogP contribution is 2.23. The first-order chi connectivity index (χ1) is 7.56. The minimum absolute atomic E-state index is 0.232. The van der Waals surface area contributed by atoms with Crippen LogP contribution in [0.4, 0.5) is 0 Å². The van der Waals surface area contributed by atoms with E-state index in [-0.39, 0.29) is 6.04 Å². The van der Waals surface area contributed by atoms with Crippen LogP contribution in [0.2, 0.25) is 0 Å². The van der Waals surface area contributed by atoms with Crippen LogP contribution in [0.25, 0.3) is 0 Å². The average molecular weight is 243 g/mol. The van der Waals surface area contributed by atoms with E-state index in [9.17, 15) is 9.90 Å². The van der Waals surface area contributed by atoms with Gasteiger partial charge in [0.15, 0.2) is 0 Å². The fraction of sp³-hybridized carbons (Fsp3) is 0.545. The Hall–Kier alpha value is -0.910. The molecule has 0 saturated carbocycles. The zero-order chi connectivity index (χ0) is 12.1. The fourth-order valence-corrected chi connectivity index (χ4v) is 2.26. The van der Waals surface area contributed by atoms with E-state index in [0.717, 1.165) is 4.88 Å². The first-order valence-electron chi connectivity index (χ1n) is 5.26. The van der Waals surface area contributed by atoms with E-state index in [1.165, 1.54) is 11.3 Å². The summed E-state index contributed by atoms with van der Waals surface area (Å²) in [6.45, 7) is 3.50. The SMILES string of the molecule is CCC(NC(C)C(=O)O)C(O)c1cccs1. The molecule has 1 aromatic rings. The summed E-state index contributed by atoms with van der Waals surface area (Å²) in [7, 11) is 0. The van der Waals surface area contributed by atoms with Gasteiger partial charge in [0.05, 0.1) is 0 Å². The van der Waals surface area contributed by atoms with Crippen molar-refractivity contribution >= 4 is 17.3 Å². The molecule has 0 aliphatic carbocycles. The molecule has 0 spiro atoms. The molecule has 3 unspecified atom stereocenters. The molecule has 0 bridgehead atoms. The third-order valence-electron chi connectivity index (χ3n) is 2.49. The normalized spacial score (nSPS) is 16.7. The first kappa shape index (κ1) is 13.2. The molecule has 1 aromatic heterocycles. The van der Waals surface area contributed by atoms with E-state index < -0.39 is 18.1 Å². The summed E-state index contributed by atoms with van der Waals surface area (Å²) in [5, 5.41) is 23.7. The Morgan fingerprint density at radius 1 is 1.62 bits per heavy atom. The quantitative estimate of drug-likeness (QED) is 0.710. The third-order valence-corrected chi connectivity index (χ3v) is 3.43. The summed E-state index contributed by atoms with van der Waals surface area (Å²) < 4.78 is 0. The van der Waals surface area contributed by atoms with E-state index in [1.54, 1.807) is 6.92 Å². The zero-order valence-electron chi connectivity index (χ0n) is 9.38. The van der Waals surface area contributed by atoms with Crippen molar-refractivity contribution < 1.29 is 15.0 Å². The molecule has 3 atom stereocenters. The Morgan fingerprint density at radius 2 is 2.31 bits per heavy atom. The Labute approximate surface area is 98.9 Å². The second kappa shape index (κ2) is 5.98. The van der Waals surface area contributed by atoms with E-state index in [0.29, 0.717) is 6.42 Å². The molecule has 0 aliphatic rings. The van der Waals surface area contributed by atoms with Crippen molar-refractivity contribution in [2.45, 2.75) is 38.5 Å². The summed E-state index contributed by atoms with van der Waals surface area (Å²) in [6, 6.07) is 2.84. The van der Waals surface area contributed by atoms with Gasteiger partial charge in [0.2, 0.25) is 0 Å². The van der Waals surface area contributed by atoms with E-state index in [2.05, 4.69) is 5.32 Å². The van der Waals surface area contributed by atoms with Crippen molar-refractivity contribution in [2.75, 3.05) is 0 Å². The van der Waals surface area contributed by atoms with Crippen LogP contribution in [0, 0.1) is 0 Å². The molecule has 4 nitrogen and oxygen atoms in total. The third kappa shape index (κ3) is 3.30. The standard InChI is InChI=1S/C11H17NO3S/c1-3-8(12-7(2)11(14)15)10(13)9-5-4-6-16-9/h4-8,10,12-13H,3H2,1-2H3,(H,14,15). The van der Waals surface area contributed by atoms with Gasteiger partial charge in [-0.25, -0.2) is 0 Å². The van der Waals surface area contributed by atoms with Gasteiger partial charge in [-0.3, -0.25) is 10.1 Å². The number of carbonyl (C=O) groups is 1. The van der Waals surface area contributed by atoms with E-state index in [1.807, 2.05) is 24.4 Å². The largest absolute Gasteiger partial charge is 0.480 e. The molecule has 0 aliphatic heterocycles. The van der Waals surface area contributed by atoms with Gasteiger partial charge in [-0.15, -0.1) is 11.3 Å². The Balaban J connectivity index is 2.64. The van der Waals surface area contributed by atoms with Crippen LogP contribution >= 0.6 is 11.3 Å². The van der Waals surface area contributed by atoms with Crippen molar-refractivity contribution in [3.63, 3.8) is 0 Å². The second-order valence-electron chi connectivity index (χ2n) is 3.70. The van der Waals surface area contributed by atoms with E-state index in [4.69, 9.17) is 5.11 Å². The molecule has 1 rings (SSSR count). The maximum Gasteiger partial charge on any atom is 0.320 e. The molecule has 0 fully saturated rings. The fourth-order valence-electron chi connectivity index (χ4n) is 1.48. The molecule has 0 amide bonds. The molecule has 16 heavy (non-hydrogen) atoms. The lowest BCUT2D eigenvalue weighted by atomic mass is 10.1. The molecule has 90 valence electrons. The number of nitrogens with one attached hydrogen (secondary N) is 1. The first-order valence-corrected chi connectivity index (χ1v) is 6.14. The van der Waals surface area contributed by atoms with Gasteiger partial charge < -0.3 is 10.2 Å². The Kier molecular flexibility index (Phi) is 4.92. The lowest BCUT2D eigenvalue weighted by Gasteiger charge is -2.24. The van der Waals surface area contributed by atoms with Crippen LogP contribution in [0.1, 0.15) is 31.2 Å². The van der Waals surface area contributed by atoms with Gasteiger partial charge in [0, 0.05) is 10.9 Å². The van der Waals surface area contributed by atoms with Crippen LogP contribution in [0.15, 0.2) is 17.5 Å². The maximum absolute atomic E-state index is 10.7. The number of thiophene rings is 1. The predicted octanol–water partition coefficient (Wildman–Crippen LogP) is 1.62. The number of aliphatic hydroxyl groups excluding tert-OH is 1. The molecular weight excluding hydrogens is 226 g/mol. The van der Waals surface area contributed by atoms with Crippen molar-refractivity contribution in [1.82, 2.24) is 5.32 Å². The number of hydrogen-bond acceptors (Lipinski definition) is 4. The lowest BCUT2D eigenvalue weighted by molar-refractivity contribution is -0.139. The Morgan fingerprint density at radius 3 is 2.75 bits per heavy atom. The van der Waals surface area contributed by atoms with Crippen molar-refractivity contribution in [2.24, 2.45) is 0 Å². The number of hydrogen-bond donors (Lipinski definition) is 3. The predicted molar refractivity (Wildman–Crippen MR) is 63.6 cm³/mol. The summed E-state index contributed by atoms with van der Waals surface area (Å²) >= 11 is 1.47. The van der Waals surface area contributed by atoms with Crippen molar-refractivity contribution in [3.8, 4) is 0 Å². The van der Waals surface area contributed by atoms with Gasteiger partial charge in [-0.05, 0) is 24.8 Å². The summed E-state index contributed by atoms with van der Waals surface area (Å²) in [5.74, 6) is -0.906. The van der Waals surface area contributed by atoms with Crippen molar-refractivity contribution in [1.29, 1.82) is 0 Å². The van der Waals surface area contributed by atoms with Crippen LogP contribution in [0.3, 0.4) is 0 Å². The molecule has 5 heteroatoms. The van der Waals surface area contributed by atoms with Gasteiger partial charge in [0.1, 0.15) is 12.1 Å². The van der Waals surface area contributed by atoms with Gasteiger partial charge >= 0.3 is 5.97 Å². The lowest BCUT2D eigenvalue weighted by Crippen LogP contribution is -2.44. The monoisotopic (exact) mass is 243 g/mol. The smallest absolute Gasteiger partial charge is 0.320 e. The van der Waals surface area contributed by atoms with Crippen molar-refractivity contribution in [3.05, 3.63) is 22.4 Å². The number of rotatable bonds is 6. The number of aliphatic hydroxyl groups is 1. The van der Waals surface area contributed by atoms with Crippen LogP contribution in [-0.4, -0.2) is 28.3 Å². The van der Waals surface area contributed by atoms with Gasteiger partial charge in [0.25, 0.3) is 0 Å². The Bertz CT molecular complexity index is 326. The number of carboxylic acids is 1. The summed E-state index contributed by atoms with van der Waals surface area (Å²) in [5.41, 5.74) is 0. The summed E-state index contributed by atoms with van der Waals surface area (Å²) in [6.07, 6.45) is 0.0308. The average Bonchev–Trinajstić information content (AvgIpc) is 2.77. The van der Waals surface area contributed by atoms with Crippen LogP contribution < -0.4 is 5.32 Å². The zero-order valence-corrected chi connectivity index (χ0v) is 10.2. The summed E-state index contributed by atoms with van der Waals surface area (Å²) in [4.78, 5) is 11.6. The highest BCUT2D eigenvalue weighted by Gasteiger charge is 2.23. The molecule has 1 heterocycles. The van der Waals surface area contributed by atoms with Crippen LogP contribution in [-0.2, 0) is 4.79 Å². The maximum atomic E-state index is 10.7. The number of carboxylic acid groups (broad SMARTS) is 1. The molecule has 3 N–H and O–H groups in total. The minimum Gasteiger partial charge on any atom is -0.480 e. The molecular formula is C11H17NO3S. The second-order valence-corrected chi connectivity index (χ2v) is 4.68. The topological polar surface area (TPSA) is 69.6 Å². The minimum atomic E-state index is -0.906. The molecule has 0 aromatic carbocycles. The highest BCUT2D eigenvalue weighted by molar-refractivity contribution is 7.10. The van der Waals surface area contributed by atoms with E-state index >= 15 is 0 Å². The number of aliphatic carboxylic acids is 1. The highest BCUT2D eigenvalue weighted by atomic mass is 32.1. The molecule has 0 radical (unpaired) electrons. The molecule has 0 saturated heterocycles. The van der Waals surface area contributed by atoms with Crippen LogP contribution in [0.5, 0.6) is 0 Å². The van der Waals surface area contributed by atoms with Gasteiger partial charge in [-0.1, -0.05) is 13.0 Å². The van der Waals surface area contributed by atoms with Gasteiger partial charge in [-0.2, -0.15) is 0 Å².